The molecule has 2 rings (SSSR count). The molecule has 1 aliphatic rings. The van der Waals surface area contributed by atoms with Crippen LogP contribution in [0.25, 0.3) is 0 Å². The first kappa shape index (κ1) is 17.2. The summed E-state index contributed by atoms with van der Waals surface area (Å²) >= 11 is 0. The third-order valence-electron chi connectivity index (χ3n) is 5.24. The van der Waals surface area contributed by atoms with Gasteiger partial charge >= 0.3 is 0 Å². The van der Waals surface area contributed by atoms with Crippen LogP contribution in [0, 0.1) is 30.1 Å². The van der Waals surface area contributed by atoms with E-state index < -0.39 is 0 Å². The van der Waals surface area contributed by atoms with E-state index in [0.29, 0.717) is 17.9 Å². The average molecular weight is 302 g/mol. The highest BCUT2D eigenvalue weighted by molar-refractivity contribution is 5.48. The molecule has 0 heterocycles. The second kappa shape index (κ2) is 6.52. The van der Waals surface area contributed by atoms with E-state index in [1.165, 1.54) is 6.42 Å². The van der Waals surface area contributed by atoms with Crippen molar-refractivity contribution < 1.29 is 4.74 Å². The van der Waals surface area contributed by atoms with Crippen LogP contribution in [0.3, 0.4) is 0 Å². The Labute approximate surface area is 136 Å². The van der Waals surface area contributed by atoms with Gasteiger partial charge in [-0.15, -0.1) is 0 Å². The van der Waals surface area contributed by atoms with Gasteiger partial charge in [0, 0.05) is 11.7 Å². The Morgan fingerprint density at radius 2 is 1.77 bits per heavy atom. The first-order valence-electron chi connectivity index (χ1n) is 8.57. The van der Waals surface area contributed by atoms with Crippen LogP contribution in [0.1, 0.15) is 48.0 Å². The minimum Gasteiger partial charge on any atom is -0.491 e. The highest BCUT2D eigenvalue weighted by Crippen LogP contribution is 2.46. The van der Waals surface area contributed by atoms with Gasteiger partial charge < -0.3 is 10.1 Å². The quantitative estimate of drug-likeness (QED) is 0.803. The third kappa shape index (κ3) is 3.77. The van der Waals surface area contributed by atoms with Crippen molar-refractivity contribution in [3.8, 4) is 5.75 Å². The highest BCUT2D eigenvalue weighted by Gasteiger charge is 2.43. The zero-order valence-electron chi connectivity index (χ0n) is 15.0. The first-order valence-corrected chi connectivity index (χ1v) is 8.57. The molecule has 0 bridgehead atoms. The number of nitrogens with one attached hydrogen (secondary N) is 1. The smallest absolute Gasteiger partial charge is 0.119 e. The second-order valence-electron chi connectivity index (χ2n) is 8.01. The van der Waals surface area contributed by atoms with Crippen LogP contribution in [-0.4, -0.2) is 12.1 Å². The van der Waals surface area contributed by atoms with Gasteiger partial charge in [0.05, 0.1) is 6.10 Å². The normalized spacial score (nSPS) is 31.1. The summed E-state index contributed by atoms with van der Waals surface area (Å²) in [6.07, 6.45) is 1.45. The Balaban J connectivity index is 2.11. The topological polar surface area (TPSA) is 21.3 Å². The van der Waals surface area contributed by atoms with Crippen LogP contribution in [0.4, 0.5) is 5.69 Å². The van der Waals surface area contributed by atoms with Crippen LogP contribution in [-0.2, 0) is 0 Å². The number of hydrogen-bond acceptors (Lipinski definition) is 2. The summed E-state index contributed by atoms with van der Waals surface area (Å²) in [6.45, 7) is 18.0. The third-order valence-corrected chi connectivity index (χ3v) is 5.24. The van der Waals surface area contributed by atoms with Gasteiger partial charge in [-0.05, 0) is 74.6 Å². The van der Waals surface area contributed by atoms with Gasteiger partial charge in [0.15, 0.2) is 0 Å². The van der Waals surface area contributed by atoms with Crippen molar-refractivity contribution in [2.75, 3.05) is 5.32 Å². The van der Waals surface area contributed by atoms with E-state index in [-0.39, 0.29) is 11.5 Å². The maximum absolute atomic E-state index is 5.71. The summed E-state index contributed by atoms with van der Waals surface area (Å²) in [5.74, 6) is 2.73. The van der Waals surface area contributed by atoms with E-state index in [0.717, 1.165) is 17.4 Å². The van der Waals surface area contributed by atoms with Crippen LogP contribution >= 0.6 is 0 Å². The van der Waals surface area contributed by atoms with Crippen LogP contribution < -0.4 is 10.1 Å². The van der Waals surface area contributed by atoms with Crippen LogP contribution in [0.15, 0.2) is 24.3 Å². The fourth-order valence-corrected chi connectivity index (χ4v) is 3.83. The molecular weight excluding hydrogens is 270 g/mol. The Hall–Kier alpha value is -1.18. The average Bonchev–Trinajstić information content (AvgIpc) is 2.42. The summed E-state index contributed by atoms with van der Waals surface area (Å²) in [5.41, 5.74) is 1.41. The van der Waals surface area contributed by atoms with E-state index in [1.54, 1.807) is 0 Å². The fourth-order valence-electron chi connectivity index (χ4n) is 3.83. The van der Waals surface area contributed by atoms with Gasteiger partial charge in [-0.2, -0.15) is 0 Å². The van der Waals surface area contributed by atoms with Crippen molar-refractivity contribution in [2.45, 2.75) is 60.1 Å². The summed E-state index contributed by atoms with van der Waals surface area (Å²) < 4.78 is 5.71. The Morgan fingerprint density at radius 3 is 2.32 bits per heavy atom. The lowest BCUT2D eigenvalue weighted by atomic mass is 9.60. The molecule has 0 saturated heterocycles. The van der Waals surface area contributed by atoms with Crippen LogP contribution in [0.2, 0.25) is 0 Å². The molecule has 22 heavy (non-hydrogen) atoms. The Morgan fingerprint density at radius 1 is 1.18 bits per heavy atom. The van der Waals surface area contributed by atoms with Gasteiger partial charge in [-0.1, -0.05) is 27.7 Å². The maximum Gasteiger partial charge on any atom is 0.119 e. The number of anilines is 1. The fraction of sp³-hybridized carbons (Fsp3) is 0.650. The van der Waals surface area contributed by atoms with Gasteiger partial charge in [0.1, 0.15) is 5.75 Å². The first-order chi connectivity index (χ1) is 10.2. The molecule has 0 aliphatic heterocycles. The van der Waals surface area contributed by atoms with Crippen molar-refractivity contribution in [1.82, 2.24) is 0 Å². The summed E-state index contributed by atoms with van der Waals surface area (Å²) in [5, 5.41) is 3.73. The Kier molecular flexibility index (Phi) is 5.09. The van der Waals surface area contributed by atoms with Crippen molar-refractivity contribution in [1.29, 1.82) is 0 Å². The lowest BCUT2D eigenvalue weighted by Gasteiger charge is -2.49. The van der Waals surface area contributed by atoms with Gasteiger partial charge in [-0.3, -0.25) is 0 Å². The van der Waals surface area contributed by atoms with Gasteiger partial charge in [-0.25, -0.2) is 0 Å². The lowest BCUT2D eigenvalue weighted by molar-refractivity contribution is 0.0794. The standard InChI is InChI=1S/C20H32NO/c1-13(2)22-18-10-8-17(9-11-18)21-19-16(5)15(4)14(3)12-20(19,6)7/h8-11,13-16,19,21H,5,12H2,1-4,6-7H3/t14-,15?,16-,19?/m1/s1. The predicted octanol–water partition coefficient (Wildman–Crippen LogP) is 5.41. The molecule has 4 atom stereocenters. The number of rotatable bonds is 4. The molecule has 1 aromatic carbocycles. The molecule has 2 unspecified atom stereocenters. The molecular formula is C20H32NO. The van der Waals surface area contributed by atoms with Crippen molar-refractivity contribution in [2.24, 2.45) is 23.2 Å². The monoisotopic (exact) mass is 302 g/mol. The van der Waals surface area contributed by atoms with Crippen molar-refractivity contribution >= 4 is 5.69 Å². The molecule has 0 aromatic heterocycles. The van der Waals surface area contributed by atoms with Gasteiger partial charge in [0.25, 0.3) is 0 Å². The van der Waals surface area contributed by atoms with Crippen molar-refractivity contribution in [3.63, 3.8) is 0 Å². The number of hydrogen-bond donors (Lipinski definition) is 1. The van der Waals surface area contributed by atoms with E-state index >= 15 is 0 Å². The van der Waals surface area contributed by atoms with Gasteiger partial charge in [0.2, 0.25) is 0 Å². The number of benzene rings is 1. The summed E-state index contributed by atoms with van der Waals surface area (Å²) in [7, 11) is 0. The molecule has 1 N–H and O–H groups in total. The summed E-state index contributed by atoms with van der Waals surface area (Å²) in [6, 6.07) is 8.72. The van der Waals surface area contributed by atoms with E-state index in [2.05, 4.69) is 52.1 Å². The molecule has 1 saturated carbocycles. The van der Waals surface area contributed by atoms with E-state index in [1.807, 2.05) is 26.0 Å². The van der Waals surface area contributed by atoms with E-state index in [4.69, 9.17) is 4.74 Å². The molecule has 0 spiro atoms. The minimum absolute atomic E-state index is 0.211. The molecule has 1 aromatic rings. The predicted molar refractivity (Wildman–Crippen MR) is 95.2 cm³/mol. The molecule has 2 heteroatoms. The van der Waals surface area contributed by atoms with Crippen LogP contribution in [0.5, 0.6) is 5.75 Å². The molecule has 1 radical (unpaired) electrons. The zero-order chi connectivity index (χ0) is 16.5. The maximum atomic E-state index is 5.71. The number of ether oxygens (including phenoxy) is 1. The summed E-state index contributed by atoms with van der Waals surface area (Å²) in [4.78, 5) is 0. The molecule has 123 valence electrons. The molecule has 0 amide bonds. The SMILES string of the molecule is [CH2][C@@H]1C(C)[C@H](C)CC(C)(C)C1Nc1ccc(OC(C)C)cc1. The van der Waals surface area contributed by atoms with Crippen molar-refractivity contribution in [3.05, 3.63) is 31.2 Å². The lowest BCUT2D eigenvalue weighted by Crippen LogP contribution is -2.50. The molecule has 1 fully saturated rings. The largest absolute Gasteiger partial charge is 0.491 e. The second-order valence-corrected chi connectivity index (χ2v) is 8.01. The van der Waals surface area contributed by atoms with E-state index in [9.17, 15) is 0 Å². The highest BCUT2D eigenvalue weighted by atomic mass is 16.5. The Bertz CT molecular complexity index is 477. The zero-order valence-corrected chi connectivity index (χ0v) is 15.0. The molecule has 2 nitrogen and oxygen atoms in total. The molecule has 1 aliphatic carbocycles. The minimum atomic E-state index is 0.211.